The summed E-state index contributed by atoms with van der Waals surface area (Å²) >= 11 is 0. The van der Waals surface area contributed by atoms with E-state index in [1.807, 2.05) is 0 Å². The number of hydrogen-bond donors (Lipinski definition) is 2. The van der Waals surface area contributed by atoms with Crippen LogP contribution in [0.3, 0.4) is 0 Å². The molecule has 0 saturated heterocycles. The zero-order chi connectivity index (χ0) is 13.1. The van der Waals surface area contributed by atoms with E-state index in [0.29, 0.717) is 39.0 Å². The maximum Gasteiger partial charge on any atom is 0.0701 e. The molecule has 0 spiro atoms. The predicted octanol–water partition coefficient (Wildman–Crippen LogP) is 0.417. The minimum Gasteiger partial charge on any atom is -0.393 e. The van der Waals surface area contributed by atoms with Crippen LogP contribution in [0.25, 0.3) is 0 Å². The highest BCUT2D eigenvalue weighted by Crippen LogP contribution is 2.24. The third-order valence-electron chi connectivity index (χ3n) is 3.25. The van der Waals surface area contributed by atoms with Gasteiger partial charge in [0.2, 0.25) is 0 Å². The quantitative estimate of drug-likeness (QED) is 0.528. The van der Waals surface area contributed by atoms with Crippen molar-refractivity contribution in [1.82, 2.24) is 5.32 Å². The minimum atomic E-state index is -0.104. The van der Waals surface area contributed by atoms with Gasteiger partial charge in [0, 0.05) is 20.2 Å². The Morgan fingerprint density at radius 1 is 1.06 bits per heavy atom. The molecule has 1 saturated carbocycles. The Morgan fingerprint density at radius 2 is 1.78 bits per heavy atom. The summed E-state index contributed by atoms with van der Waals surface area (Å²) in [7, 11) is 1.66. The Kier molecular flexibility index (Phi) is 9.42. The Hall–Kier alpha value is -0.200. The number of aliphatic hydroxyl groups excluding tert-OH is 1. The van der Waals surface area contributed by atoms with Crippen LogP contribution in [-0.2, 0) is 14.2 Å². The number of ether oxygens (including phenoxy) is 3. The van der Waals surface area contributed by atoms with Gasteiger partial charge in [0.05, 0.1) is 39.1 Å². The zero-order valence-corrected chi connectivity index (χ0v) is 11.4. The van der Waals surface area contributed by atoms with E-state index in [1.54, 1.807) is 7.11 Å². The fourth-order valence-electron chi connectivity index (χ4n) is 2.15. The average molecular weight is 261 g/mol. The first kappa shape index (κ1) is 15.9. The lowest BCUT2D eigenvalue weighted by molar-refractivity contribution is 0.0252. The van der Waals surface area contributed by atoms with Crippen molar-refractivity contribution in [3.8, 4) is 0 Å². The van der Waals surface area contributed by atoms with Crippen molar-refractivity contribution < 1.29 is 19.3 Å². The molecule has 0 aromatic heterocycles. The van der Waals surface area contributed by atoms with E-state index in [-0.39, 0.29) is 6.10 Å². The minimum absolute atomic E-state index is 0.104. The first-order valence-electron chi connectivity index (χ1n) is 6.88. The molecule has 1 fully saturated rings. The first-order chi connectivity index (χ1) is 8.84. The maximum absolute atomic E-state index is 9.63. The van der Waals surface area contributed by atoms with E-state index >= 15 is 0 Å². The third kappa shape index (κ3) is 7.28. The number of rotatable bonds is 11. The average Bonchev–Trinajstić information content (AvgIpc) is 2.77. The van der Waals surface area contributed by atoms with Crippen LogP contribution in [0.15, 0.2) is 0 Å². The van der Waals surface area contributed by atoms with Crippen molar-refractivity contribution >= 4 is 0 Å². The fourth-order valence-corrected chi connectivity index (χ4v) is 2.15. The van der Waals surface area contributed by atoms with Crippen LogP contribution < -0.4 is 5.32 Å². The van der Waals surface area contributed by atoms with Gasteiger partial charge in [-0.3, -0.25) is 0 Å². The molecule has 108 valence electrons. The lowest BCUT2D eigenvalue weighted by Gasteiger charge is -2.15. The van der Waals surface area contributed by atoms with Gasteiger partial charge in [0.25, 0.3) is 0 Å². The van der Waals surface area contributed by atoms with Crippen molar-refractivity contribution in [2.24, 2.45) is 5.92 Å². The molecule has 18 heavy (non-hydrogen) atoms. The van der Waals surface area contributed by atoms with Crippen LogP contribution in [0.1, 0.15) is 19.3 Å². The van der Waals surface area contributed by atoms with Gasteiger partial charge in [-0.2, -0.15) is 0 Å². The van der Waals surface area contributed by atoms with Crippen LogP contribution in [0.2, 0.25) is 0 Å². The molecule has 0 heterocycles. The molecule has 5 nitrogen and oxygen atoms in total. The van der Waals surface area contributed by atoms with Crippen LogP contribution >= 0.6 is 0 Å². The molecule has 1 rings (SSSR count). The second-order valence-electron chi connectivity index (χ2n) is 4.68. The van der Waals surface area contributed by atoms with Gasteiger partial charge in [-0.25, -0.2) is 0 Å². The van der Waals surface area contributed by atoms with Crippen molar-refractivity contribution in [1.29, 1.82) is 0 Å². The summed E-state index contributed by atoms with van der Waals surface area (Å²) < 4.78 is 15.5. The van der Waals surface area contributed by atoms with Gasteiger partial charge in [-0.1, -0.05) is 6.42 Å². The van der Waals surface area contributed by atoms with E-state index in [4.69, 9.17) is 14.2 Å². The molecular formula is C13H27NO4. The molecular weight excluding hydrogens is 234 g/mol. The zero-order valence-electron chi connectivity index (χ0n) is 11.4. The summed E-state index contributed by atoms with van der Waals surface area (Å²) in [5.74, 6) is 0.433. The predicted molar refractivity (Wildman–Crippen MR) is 69.7 cm³/mol. The monoisotopic (exact) mass is 261 g/mol. The first-order valence-corrected chi connectivity index (χ1v) is 6.88. The van der Waals surface area contributed by atoms with Gasteiger partial charge >= 0.3 is 0 Å². The number of methoxy groups -OCH3 is 1. The summed E-state index contributed by atoms with van der Waals surface area (Å²) in [5.41, 5.74) is 0. The molecule has 0 aliphatic heterocycles. The van der Waals surface area contributed by atoms with Gasteiger partial charge < -0.3 is 24.6 Å². The summed E-state index contributed by atoms with van der Waals surface area (Å²) in [6, 6.07) is 0. The summed E-state index contributed by atoms with van der Waals surface area (Å²) in [4.78, 5) is 0. The lowest BCUT2D eigenvalue weighted by Crippen LogP contribution is -2.30. The molecule has 0 aromatic rings. The van der Waals surface area contributed by atoms with Crippen LogP contribution in [-0.4, -0.2) is 64.4 Å². The number of aliphatic hydroxyl groups is 1. The van der Waals surface area contributed by atoms with Crippen molar-refractivity contribution in [2.45, 2.75) is 25.4 Å². The van der Waals surface area contributed by atoms with E-state index < -0.39 is 0 Å². The smallest absolute Gasteiger partial charge is 0.0701 e. The molecule has 1 aliphatic carbocycles. The Morgan fingerprint density at radius 3 is 2.44 bits per heavy atom. The van der Waals surface area contributed by atoms with E-state index in [9.17, 15) is 5.11 Å². The Bertz CT molecular complexity index is 192. The molecule has 0 bridgehead atoms. The van der Waals surface area contributed by atoms with E-state index in [2.05, 4.69) is 5.32 Å². The lowest BCUT2D eigenvalue weighted by atomic mass is 10.1. The van der Waals surface area contributed by atoms with E-state index in [0.717, 1.165) is 32.4 Å². The molecule has 5 heteroatoms. The highest BCUT2D eigenvalue weighted by atomic mass is 16.5. The fraction of sp³-hybridized carbons (Fsp3) is 1.00. The number of hydrogen-bond acceptors (Lipinski definition) is 5. The van der Waals surface area contributed by atoms with Gasteiger partial charge in [0.1, 0.15) is 0 Å². The van der Waals surface area contributed by atoms with Crippen LogP contribution in [0.4, 0.5) is 0 Å². The highest BCUT2D eigenvalue weighted by Gasteiger charge is 2.24. The largest absolute Gasteiger partial charge is 0.393 e. The van der Waals surface area contributed by atoms with Crippen LogP contribution in [0.5, 0.6) is 0 Å². The summed E-state index contributed by atoms with van der Waals surface area (Å²) in [6.45, 7) is 4.91. The van der Waals surface area contributed by atoms with Gasteiger partial charge in [-0.05, 0) is 18.8 Å². The summed E-state index contributed by atoms with van der Waals surface area (Å²) in [5, 5.41) is 13.0. The summed E-state index contributed by atoms with van der Waals surface area (Å²) in [6.07, 6.45) is 3.15. The standard InChI is InChI=1S/C13H27NO4/c1-16-7-8-18-10-9-17-6-5-14-11-12-3-2-4-13(12)15/h12-15H,2-11H2,1H3. The molecule has 2 atom stereocenters. The highest BCUT2D eigenvalue weighted by molar-refractivity contribution is 4.77. The molecule has 2 N–H and O–H groups in total. The Balaban J connectivity index is 1.76. The molecule has 1 aliphatic rings. The van der Waals surface area contributed by atoms with Gasteiger partial charge in [0.15, 0.2) is 0 Å². The topological polar surface area (TPSA) is 60.0 Å². The molecule has 0 aromatic carbocycles. The molecule has 0 radical (unpaired) electrons. The second kappa shape index (κ2) is 10.7. The maximum atomic E-state index is 9.63. The van der Waals surface area contributed by atoms with Crippen molar-refractivity contribution in [3.63, 3.8) is 0 Å². The normalized spacial score (nSPS) is 23.7. The number of nitrogens with one attached hydrogen (secondary N) is 1. The third-order valence-corrected chi connectivity index (χ3v) is 3.25. The Labute approximate surface area is 110 Å². The molecule has 0 amide bonds. The van der Waals surface area contributed by atoms with Gasteiger partial charge in [-0.15, -0.1) is 0 Å². The van der Waals surface area contributed by atoms with E-state index in [1.165, 1.54) is 0 Å². The molecule has 2 unspecified atom stereocenters. The van der Waals surface area contributed by atoms with Crippen molar-refractivity contribution in [2.75, 3.05) is 53.2 Å². The van der Waals surface area contributed by atoms with Crippen LogP contribution in [0, 0.1) is 5.92 Å². The SMILES string of the molecule is COCCOCCOCCNCC1CCCC1O. The van der Waals surface area contributed by atoms with Crippen molar-refractivity contribution in [3.05, 3.63) is 0 Å². The second-order valence-corrected chi connectivity index (χ2v) is 4.68.